The third-order valence-electron chi connectivity index (χ3n) is 6.09. The zero-order chi connectivity index (χ0) is 15.6. The van der Waals surface area contributed by atoms with Crippen LogP contribution in [0.15, 0.2) is 0 Å². The SMILES string of the molecule is CCN(CC)C1CCN(C2CC(C(C)(C)C)CCC2N)C1. The number of hydrogen-bond donors (Lipinski definition) is 1. The molecule has 1 saturated carbocycles. The van der Waals surface area contributed by atoms with E-state index in [4.69, 9.17) is 5.73 Å². The van der Waals surface area contributed by atoms with Crippen LogP contribution in [0.1, 0.15) is 60.3 Å². The highest BCUT2D eigenvalue weighted by Crippen LogP contribution is 2.39. The van der Waals surface area contributed by atoms with Crippen molar-refractivity contribution < 1.29 is 0 Å². The molecule has 0 bridgehead atoms. The van der Waals surface area contributed by atoms with E-state index >= 15 is 0 Å². The third-order valence-corrected chi connectivity index (χ3v) is 6.09. The Morgan fingerprint density at radius 3 is 2.33 bits per heavy atom. The second kappa shape index (κ2) is 6.97. The summed E-state index contributed by atoms with van der Waals surface area (Å²) in [5, 5.41) is 0. The summed E-state index contributed by atoms with van der Waals surface area (Å²) in [6, 6.07) is 1.75. The van der Waals surface area contributed by atoms with Crippen LogP contribution >= 0.6 is 0 Å². The molecular formula is C18H37N3. The maximum absolute atomic E-state index is 6.50. The molecule has 2 aliphatic rings. The first-order valence-electron chi connectivity index (χ1n) is 9.10. The molecule has 1 aliphatic carbocycles. The van der Waals surface area contributed by atoms with Gasteiger partial charge in [0.05, 0.1) is 0 Å². The zero-order valence-electron chi connectivity index (χ0n) is 14.9. The molecule has 0 aromatic rings. The molecule has 124 valence electrons. The average molecular weight is 296 g/mol. The molecule has 4 atom stereocenters. The molecule has 0 spiro atoms. The minimum Gasteiger partial charge on any atom is -0.326 e. The highest BCUT2D eigenvalue weighted by molar-refractivity contribution is 4.96. The number of hydrogen-bond acceptors (Lipinski definition) is 3. The lowest BCUT2D eigenvalue weighted by atomic mass is 9.69. The number of likely N-dealkylation sites (N-methyl/N-ethyl adjacent to an activating group) is 1. The Balaban J connectivity index is 1.97. The molecule has 2 rings (SSSR count). The summed E-state index contributed by atoms with van der Waals surface area (Å²) in [6.07, 6.45) is 5.15. The smallest absolute Gasteiger partial charge is 0.0250 e. The summed E-state index contributed by atoms with van der Waals surface area (Å²) < 4.78 is 0. The van der Waals surface area contributed by atoms with Crippen molar-refractivity contribution in [3.63, 3.8) is 0 Å². The molecule has 4 unspecified atom stereocenters. The normalized spacial score (nSPS) is 35.6. The molecule has 3 nitrogen and oxygen atoms in total. The molecule has 3 heteroatoms. The summed E-state index contributed by atoms with van der Waals surface area (Å²) in [5.74, 6) is 0.829. The Labute approximate surface area is 132 Å². The van der Waals surface area contributed by atoms with Crippen molar-refractivity contribution in [2.45, 2.75) is 78.4 Å². The zero-order valence-corrected chi connectivity index (χ0v) is 14.9. The standard InChI is InChI=1S/C18H37N3/c1-6-20(7-2)15-10-11-21(13-15)17-12-14(18(3,4)5)8-9-16(17)19/h14-17H,6-13,19H2,1-5H3. The Kier molecular flexibility index (Phi) is 5.72. The predicted molar refractivity (Wildman–Crippen MR) is 91.5 cm³/mol. The topological polar surface area (TPSA) is 32.5 Å². The second-order valence-electron chi connectivity index (χ2n) is 8.27. The van der Waals surface area contributed by atoms with Gasteiger partial charge in [-0.2, -0.15) is 0 Å². The fourth-order valence-electron chi connectivity index (χ4n) is 4.48. The average Bonchev–Trinajstić information content (AvgIpc) is 2.89. The van der Waals surface area contributed by atoms with Gasteiger partial charge >= 0.3 is 0 Å². The van der Waals surface area contributed by atoms with E-state index in [1.54, 1.807) is 0 Å². The monoisotopic (exact) mass is 295 g/mol. The summed E-state index contributed by atoms with van der Waals surface area (Å²) >= 11 is 0. The van der Waals surface area contributed by atoms with Crippen molar-refractivity contribution in [1.29, 1.82) is 0 Å². The first kappa shape index (κ1) is 17.2. The molecule has 21 heavy (non-hydrogen) atoms. The van der Waals surface area contributed by atoms with Gasteiger partial charge in [-0.25, -0.2) is 0 Å². The lowest BCUT2D eigenvalue weighted by Gasteiger charge is -2.44. The summed E-state index contributed by atoms with van der Waals surface area (Å²) in [6.45, 7) is 16.6. The Morgan fingerprint density at radius 1 is 1.10 bits per heavy atom. The van der Waals surface area contributed by atoms with Gasteiger partial charge < -0.3 is 5.73 Å². The van der Waals surface area contributed by atoms with E-state index < -0.39 is 0 Å². The summed E-state index contributed by atoms with van der Waals surface area (Å²) in [5.41, 5.74) is 6.92. The third kappa shape index (κ3) is 4.00. The Hall–Kier alpha value is -0.120. The molecule has 0 aromatic heterocycles. The van der Waals surface area contributed by atoms with Gasteiger partial charge in [-0.3, -0.25) is 9.80 Å². The molecule has 1 heterocycles. The van der Waals surface area contributed by atoms with E-state index in [1.807, 2.05) is 0 Å². The highest BCUT2D eigenvalue weighted by atomic mass is 15.3. The van der Waals surface area contributed by atoms with Gasteiger partial charge in [0.25, 0.3) is 0 Å². The summed E-state index contributed by atoms with van der Waals surface area (Å²) in [7, 11) is 0. The fraction of sp³-hybridized carbons (Fsp3) is 1.00. The van der Waals surface area contributed by atoms with Crippen LogP contribution in [0.2, 0.25) is 0 Å². The van der Waals surface area contributed by atoms with Crippen molar-refractivity contribution in [3.8, 4) is 0 Å². The number of nitrogens with zero attached hydrogens (tertiary/aromatic N) is 2. The molecule has 2 N–H and O–H groups in total. The Bertz CT molecular complexity index is 319. The summed E-state index contributed by atoms with van der Waals surface area (Å²) in [4.78, 5) is 5.33. The van der Waals surface area contributed by atoms with E-state index in [0.29, 0.717) is 17.5 Å². The first-order valence-corrected chi connectivity index (χ1v) is 9.10. The number of rotatable bonds is 4. The van der Waals surface area contributed by atoms with Gasteiger partial charge in [-0.05, 0) is 50.1 Å². The van der Waals surface area contributed by atoms with Crippen molar-refractivity contribution >= 4 is 0 Å². The van der Waals surface area contributed by atoms with Crippen LogP contribution < -0.4 is 5.73 Å². The Morgan fingerprint density at radius 2 is 1.76 bits per heavy atom. The van der Waals surface area contributed by atoms with E-state index in [2.05, 4.69) is 44.4 Å². The van der Waals surface area contributed by atoms with E-state index in [9.17, 15) is 0 Å². The molecule has 1 aliphatic heterocycles. The van der Waals surface area contributed by atoms with Crippen molar-refractivity contribution in [1.82, 2.24) is 9.80 Å². The number of nitrogens with two attached hydrogens (primary N) is 1. The van der Waals surface area contributed by atoms with Crippen LogP contribution in [0.4, 0.5) is 0 Å². The van der Waals surface area contributed by atoms with Gasteiger partial charge in [0.1, 0.15) is 0 Å². The van der Waals surface area contributed by atoms with E-state index in [-0.39, 0.29) is 0 Å². The van der Waals surface area contributed by atoms with E-state index in [1.165, 1.54) is 51.9 Å². The molecule has 0 radical (unpaired) electrons. The van der Waals surface area contributed by atoms with Crippen molar-refractivity contribution in [2.24, 2.45) is 17.1 Å². The van der Waals surface area contributed by atoms with Crippen LogP contribution in [-0.2, 0) is 0 Å². The van der Waals surface area contributed by atoms with Crippen LogP contribution in [-0.4, -0.2) is 54.1 Å². The van der Waals surface area contributed by atoms with Gasteiger partial charge in [0, 0.05) is 31.2 Å². The van der Waals surface area contributed by atoms with Gasteiger partial charge in [0.2, 0.25) is 0 Å². The largest absolute Gasteiger partial charge is 0.326 e. The van der Waals surface area contributed by atoms with Crippen LogP contribution in [0, 0.1) is 11.3 Å². The molecule has 2 fully saturated rings. The van der Waals surface area contributed by atoms with Crippen LogP contribution in [0.3, 0.4) is 0 Å². The van der Waals surface area contributed by atoms with Gasteiger partial charge in [-0.15, -0.1) is 0 Å². The molecular weight excluding hydrogens is 258 g/mol. The quantitative estimate of drug-likeness (QED) is 0.865. The van der Waals surface area contributed by atoms with Crippen LogP contribution in [0.5, 0.6) is 0 Å². The minimum atomic E-state index is 0.388. The fourth-order valence-corrected chi connectivity index (χ4v) is 4.48. The predicted octanol–water partition coefficient (Wildman–Crippen LogP) is 2.94. The molecule has 0 amide bonds. The van der Waals surface area contributed by atoms with Gasteiger partial charge in [-0.1, -0.05) is 34.6 Å². The van der Waals surface area contributed by atoms with Crippen LogP contribution in [0.25, 0.3) is 0 Å². The molecule has 0 aromatic carbocycles. The van der Waals surface area contributed by atoms with Crippen molar-refractivity contribution in [2.75, 3.05) is 26.2 Å². The minimum absolute atomic E-state index is 0.388. The van der Waals surface area contributed by atoms with E-state index in [0.717, 1.165) is 12.0 Å². The maximum atomic E-state index is 6.50. The maximum Gasteiger partial charge on any atom is 0.0250 e. The lowest BCUT2D eigenvalue weighted by Crippen LogP contribution is -2.52. The van der Waals surface area contributed by atoms with Gasteiger partial charge in [0.15, 0.2) is 0 Å². The molecule has 1 saturated heterocycles. The second-order valence-corrected chi connectivity index (χ2v) is 8.27. The highest BCUT2D eigenvalue weighted by Gasteiger charge is 2.39. The lowest BCUT2D eigenvalue weighted by molar-refractivity contribution is 0.0776. The first-order chi connectivity index (χ1) is 9.86. The van der Waals surface area contributed by atoms with Crippen molar-refractivity contribution in [3.05, 3.63) is 0 Å². The number of likely N-dealkylation sites (tertiary alicyclic amines) is 1.